The number of ether oxygens (including phenoxy) is 1. The standard InChI is InChI=1S/C15H23FN2O2/c1-10(9-15(3,4)20-5)17-14-8-12(18-11(2)19)6-7-13(14)16/h6-8,10,17H,9H2,1-5H3,(H,18,19). The second kappa shape index (κ2) is 6.70. The molecule has 5 heteroatoms. The number of carbonyl (C=O) groups is 1. The maximum absolute atomic E-state index is 13.8. The summed E-state index contributed by atoms with van der Waals surface area (Å²) >= 11 is 0. The molecule has 0 saturated heterocycles. The lowest BCUT2D eigenvalue weighted by atomic mass is 9.99. The minimum atomic E-state index is -0.346. The molecule has 1 aromatic rings. The molecule has 0 aromatic heterocycles. The average molecular weight is 282 g/mol. The van der Waals surface area contributed by atoms with E-state index in [2.05, 4.69) is 10.6 Å². The van der Waals surface area contributed by atoms with Crippen LogP contribution >= 0.6 is 0 Å². The normalized spacial score (nSPS) is 12.9. The second-order valence-corrected chi connectivity index (χ2v) is 5.59. The number of carbonyl (C=O) groups excluding carboxylic acids is 1. The highest BCUT2D eigenvalue weighted by atomic mass is 19.1. The number of hydrogen-bond donors (Lipinski definition) is 2. The van der Waals surface area contributed by atoms with E-state index < -0.39 is 0 Å². The molecule has 0 saturated carbocycles. The van der Waals surface area contributed by atoms with Gasteiger partial charge in [-0.25, -0.2) is 4.39 Å². The van der Waals surface area contributed by atoms with Gasteiger partial charge in [-0.1, -0.05) is 0 Å². The van der Waals surface area contributed by atoms with Gasteiger partial charge in [-0.05, 0) is 45.4 Å². The van der Waals surface area contributed by atoms with Gasteiger partial charge < -0.3 is 15.4 Å². The highest BCUT2D eigenvalue weighted by Gasteiger charge is 2.20. The first-order chi connectivity index (χ1) is 9.23. The molecule has 1 atom stereocenters. The Morgan fingerprint density at radius 1 is 1.45 bits per heavy atom. The number of anilines is 2. The van der Waals surface area contributed by atoms with Crippen LogP contribution in [0.15, 0.2) is 18.2 Å². The van der Waals surface area contributed by atoms with Crippen LogP contribution in [0.2, 0.25) is 0 Å². The summed E-state index contributed by atoms with van der Waals surface area (Å²) in [6, 6.07) is 4.49. The molecule has 1 unspecified atom stereocenters. The Hall–Kier alpha value is -1.62. The van der Waals surface area contributed by atoms with Gasteiger partial charge in [-0.3, -0.25) is 4.79 Å². The van der Waals surface area contributed by atoms with Gasteiger partial charge in [-0.2, -0.15) is 0 Å². The average Bonchev–Trinajstić information content (AvgIpc) is 2.32. The van der Waals surface area contributed by atoms with Crippen molar-refractivity contribution < 1.29 is 13.9 Å². The fourth-order valence-electron chi connectivity index (χ4n) is 2.05. The van der Waals surface area contributed by atoms with E-state index in [1.165, 1.54) is 19.1 Å². The predicted molar refractivity (Wildman–Crippen MR) is 79.5 cm³/mol. The van der Waals surface area contributed by atoms with Crippen molar-refractivity contribution in [2.75, 3.05) is 17.7 Å². The molecule has 0 heterocycles. The fraction of sp³-hybridized carbons (Fsp3) is 0.533. The number of rotatable bonds is 6. The maximum atomic E-state index is 13.8. The van der Waals surface area contributed by atoms with Gasteiger partial charge in [0.2, 0.25) is 5.91 Å². The summed E-state index contributed by atoms with van der Waals surface area (Å²) in [6.07, 6.45) is 0.729. The third-order valence-electron chi connectivity index (χ3n) is 3.04. The maximum Gasteiger partial charge on any atom is 0.221 e. The van der Waals surface area contributed by atoms with Crippen LogP contribution in [0.1, 0.15) is 34.1 Å². The Kier molecular flexibility index (Phi) is 5.51. The van der Waals surface area contributed by atoms with E-state index in [1.807, 2.05) is 20.8 Å². The fourth-order valence-corrected chi connectivity index (χ4v) is 2.05. The van der Waals surface area contributed by atoms with Gasteiger partial charge in [0.25, 0.3) is 0 Å². The lowest BCUT2D eigenvalue weighted by Gasteiger charge is -2.27. The van der Waals surface area contributed by atoms with E-state index in [1.54, 1.807) is 13.2 Å². The van der Waals surface area contributed by atoms with Crippen molar-refractivity contribution >= 4 is 17.3 Å². The Morgan fingerprint density at radius 2 is 2.10 bits per heavy atom. The molecule has 4 nitrogen and oxygen atoms in total. The third-order valence-corrected chi connectivity index (χ3v) is 3.04. The van der Waals surface area contributed by atoms with Crippen molar-refractivity contribution in [2.24, 2.45) is 0 Å². The smallest absolute Gasteiger partial charge is 0.221 e. The van der Waals surface area contributed by atoms with Crippen LogP contribution < -0.4 is 10.6 Å². The number of methoxy groups -OCH3 is 1. The van der Waals surface area contributed by atoms with Crippen LogP contribution in [0.3, 0.4) is 0 Å². The quantitative estimate of drug-likeness (QED) is 0.840. The second-order valence-electron chi connectivity index (χ2n) is 5.59. The molecule has 0 bridgehead atoms. The number of halogens is 1. The summed E-state index contributed by atoms with van der Waals surface area (Å²) in [5.41, 5.74) is 0.660. The number of nitrogens with one attached hydrogen (secondary N) is 2. The van der Waals surface area contributed by atoms with Gasteiger partial charge in [0.05, 0.1) is 11.3 Å². The molecule has 0 aliphatic carbocycles. The predicted octanol–water partition coefficient (Wildman–Crippen LogP) is 3.40. The van der Waals surface area contributed by atoms with Crippen LogP contribution in [0.5, 0.6) is 0 Å². The van der Waals surface area contributed by atoms with E-state index in [4.69, 9.17) is 4.74 Å². The summed E-state index contributed by atoms with van der Waals surface area (Å²) in [5, 5.41) is 5.74. The van der Waals surface area contributed by atoms with Crippen LogP contribution in [-0.4, -0.2) is 24.7 Å². The molecule has 112 valence electrons. The summed E-state index contributed by atoms with van der Waals surface area (Å²) < 4.78 is 19.1. The lowest BCUT2D eigenvalue weighted by Crippen LogP contribution is -2.31. The summed E-state index contributed by atoms with van der Waals surface area (Å²) in [6.45, 7) is 7.34. The number of benzene rings is 1. The molecular formula is C15H23FN2O2. The van der Waals surface area contributed by atoms with Gasteiger partial charge in [0.1, 0.15) is 5.82 Å². The summed E-state index contributed by atoms with van der Waals surface area (Å²) in [7, 11) is 1.66. The van der Waals surface area contributed by atoms with Gasteiger partial charge >= 0.3 is 0 Å². The number of amides is 1. The van der Waals surface area contributed by atoms with E-state index in [0.29, 0.717) is 11.4 Å². The lowest BCUT2D eigenvalue weighted by molar-refractivity contribution is -0.114. The zero-order chi connectivity index (χ0) is 15.3. The van der Waals surface area contributed by atoms with Crippen LogP contribution in [0, 0.1) is 5.82 Å². The van der Waals surface area contributed by atoms with Crippen molar-refractivity contribution in [1.29, 1.82) is 0 Å². The van der Waals surface area contributed by atoms with Crippen molar-refractivity contribution in [3.8, 4) is 0 Å². The van der Waals surface area contributed by atoms with Crippen LogP contribution in [-0.2, 0) is 9.53 Å². The largest absolute Gasteiger partial charge is 0.380 e. The number of hydrogen-bond acceptors (Lipinski definition) is 3. The molecule has 2 N–H and O–H groups in total. The summed E-state index contributed by atoms with van der Waals surface area (Å²) in [5.74, 6) is -0.530. The van der Waals surface area contributed by atoms with Crippen molar-refractivity contribution in [3.05, 3.63) is 24.0 Å². The molecule has 0 fully saturated rings. The van der Waals surface area contributed by atoms with Gasteiger partial charge in [0, 0.05) is 25.8 Å². The van der Waals surface area contributed by atoms with E-state index in [9.17, 15) is 9.18 Å². The molecule has 1 amide bonds. The van der Waals surface area contributed by atoms with Crippen molar-refractivity contribution in [3.63, 3.8) is 0 Å². The molecular weight excluding hydrogens is 259 g/mol. The Labute approximate surface area is 119 Å². The minimum Gasteiger partial charge on any atom is -0.380 e. The Balaban J connectivity index is 2.78. The topological polar surface area (TPSA) is 50.4 Å². The first kappa shape index (κ1) is 16.4. The molecule has 0 spiro atoms. The van der Waals surface area contributed by atoms with Gasteiger partial charge in [0.15, 0.2) is 0 Å². The molecule has 0 aliphatic heterocycles. The van der Waals surface area contributed by atoms with E-state index in [0.717, 1.165) is 6.42 Å². The molecule has 0 radical (unpaired) electrons. The zero-order valence-electron chi connectivity index (χ0n) is 12.7. The molecule has 0 aliphatic rings. The monoisotopic (exact) mass is 282 g/mol. The molecule has 1 aromatic carbocycles. The highest BCUT2D eigenvalue weighted by molar-refractivity contribution is 5.89. The summed E-state index contributed by atoms with van der Waals surface area (Å²) in [4.78, 5) is 11.0. The molecule has 20 heavy (non-hydrogen) atoms. The van der Waals surface area contributed by atoms with E-state index in [-0.39, 0.29) is 23.4 Å². The zero-order valence-corrected chi connectivity index (χ0v) is 12.7. The minimum absolute atomic E-state index is 0.0343. The first-order valence-electron chi connectivity index (χ1n) is 6.62. The van der Waals surface area contributed by atoms with Crippen molar-refractivity contribution in [2.45, 2.75) is 45.8 Å². The van der Waals surface area contributed by atoms with E-state index >= 15 is 0 Å². The van der Waals surface area contributed by atoms with Crippen LogP contribution in [0.25, 0.3) is 0 Å². The SMILES string of the molecule is COC(C)(C)CC(C)Nc1cc(NC(C)=O)ccc1F. The van der Waals surface area contributed by atoms with Crippen molar-refractivity contribution in [1.82, 2.24) is 0 Å². The Morgan fingerprint density at radius 3 is 2.65 bits per heavy atom. The first-order valence-corrected chi connectivity index (χ1v) is 6.62. The molecule has 1 rings (SSSR count). The third kappa shape index (κ3) is 5.17. The highest BCUT2D eigenvalue weighted by Crippen LogP contribution is 2.23. The Bertz CT molecular complexity index is 475. The van der Waals surface area contributed by atoms with Gasteiger partial charge in [-0.15, -0.1) is 0 Å². The van der Waals surface area contributed by atoms with Crippen LogP contribution in [0.4, 0.5) is 15.8 Å².